The number of aliphatic hydroxyl groups excluding tert-OH is 1. The molecule has 4 amide bonds. The third-order valence-corrected chi connectivity index (χ3v) is 6.54. The number of phenols is 1. The van der Waals surface area contributed by atoms with Gasteiger partial charge in [0.25, 0.3) is 0 Å². The minimum atomic E-state index is -1.61. The summed E-state index contributed by atoms with van der Waals surface area (Å²) >= 11 is 0. The molecule has 1 heterocycles. The van der Waals surface area contributed by atoms with Gasteiger partial charge in [0.2, 0.25) is 23.6 Å². The number of aromatic hydroxyl groups is 1. The van der Waals surface area contributed by atoms with Gasteiger partial charge in [0, 0.05) is 23.5 Å². The van der Waals surface area contributed by atoms with Gasteiger partial charge in [-0.05, 0) is 42.7 Å². The zero-order chi connectivity index (χ0) is 31.0. The summed E-state index contributed by atoms with van der Waals surface area (Å²) in [5.74, 6) is -5.11. The molecule has 5 atom stereocenters. The molecule has 2 aromatic carbocycles. The number of aromatic nitrogens is 1. The topological polar surface area (TPSA) is 250 Å². The van der Waals surface area contributed by atoms with Crippen LogP contribution in [0.4, 0.5) is 0 Å². The Kier molecular flexibility index (Phi) is 10.6. The maximum atomic E-state index is 13.1. The fourth-order valence-corrected chi connectivity index (χ4v) is 4.31. The number of amides is 4. The average molecular weight is 583 g/mol. The van der Waals surface area contributed by atoms with E-state index in [4.69, 9.17) is 11.5 Å². The largest absolute Gasteiger partial charge is 0.508 e. The summed E-state index contributed by atoms with van der Waals surface area (Å²) in [6, 6.07) is 7.43. The van der Waals surface area contributed by atoms with E-state index in [0.717, 1.165) is 10.9 Å². The second-order valence-corrected chi connectivity index (χ2v) is 9.90. The van der Waals surface area contributed by atoms with Crippen LogP contribution in [-0.4, -0.2) is 80.2 Å². The van der Waals surface area contributed by atoms with Gasteiger partial charge in [-0.3, -0.25) is 19.2 Å². The molecule has 0 fully saturated rings. The first-order chi connectivity index (χ1) is 19.8. The lowest BCUT2D eigenvalue weighted by Crippen LogP contribution is -2.60. The summed E-state index contributed by atoms with van der Waals surface area (Å²) in [7, 11) is 0. The Bertz CT molecular complexity index is 1440. The number of carbonyl (C=O) groups excluding carboxylic acids is 4. The van der Waals surface area contributed by atoms with Crippen LogP contribution in [0.15, 0.2) is 54.7 Å². The molecule has 0 spiro atoms. The van der Waals surface area contributed by atoms with E-state index in [1.165, 1.54) is 19.1 Å². The van der Waals surface area contributed by atoms with Crippen molar-refractivity contribution in [2.24, 2.45) is 11.5 Å². The number of carboxylic acids is 1. The van der Waals surface area contributed by atoms with Gasteiger partial charge in [-0.2, -0.15) is 0 Å². The van der Waals surface area contributed by atoms with Crippen LogP contribution in [0.2, 0.25) is 0 Å². The molecule has 3 rings (SSSR count). The predicted octanol–water partition coefficient (Wildman–Crippen LogP) is -1.22. The van der Waals surface area contributed by atoms with E-state index in [9.17, 15) is 39.3 Å². The van der Waals surface area contributed by atoms with Crippen molar-refractivity contribution in [3.05, 3.63) is 65.9 Å². The number of phenolic OH excluding ortho intramolecular Hbond substituents is 1. The van der Waals surface area contributed by atoms with E-state index in [1.807, 2.05) is 12.1 Å². The lowest BCUT2D eigenvalue weighted by atomic mass is 10.0. The number of aromatic amines is 1. The van der Waals surface area contributed by atoms with Crippen LogP contribution in [-0.2, 0) is 36.8 Å². The normalized spacial score (nSPS) is 14.6. The van der Waals surface area contributed by atoms with Gasteiger partial charge in [-0.1, -0.05) is 30.3 Å². The lowest BCUT2D eigenvalue weighted by molar-refractivity contribution is -0.142. The van der Waals surface area contributed by atoms with E-state index < -0.39 is 66.3 Å². The Morgan fingerprint density at radius 2 is 1.52 bits per heavy atom. The van der Waals surface area contributed by atoms with Gasteiger partial charge >= 0.3 is 5.97 Å². The molecule has 0 bridgehead atoms. The fraction of sp³-hybridized carbons (Fsp3) is 0.321. The number of primary amides is 1. The highest BCUT2D eigenvalue weighted by molar-refractivity contribution is 5.96. The molecule has 0 aliphatic heterocycles. The number of hydrogen-bond donors (Lipinski definition) is 9. The Labute approximate surface area is 240 Å². The van der Waals surface area contributed by atoms with Crippen LogP contribution >= 0.6 is 0 Å². The Hall–Kier alpha value is -4.95. The standard InChI is InChI=1S/C28H34N6O8/c1-14(35)24(34-25(38)19(29)10-15-6-8-17(36)9-7-15)27(40)32-21(12-23(30)37)26(39)33-22(28(41)42)11-16-13-31-20-5-3-2-4-18(16)20/h2-9,13-14,19,21-22,24,31,35-36H,10-12,29H2,1H3,(H2,30,37)(H,32,40)(H,33,39)(H,34,38)(H,41,42). The van der Waals surface area contributed by atoms with Crippen LogP contribution in [0.3, 0.4) is 0 Å². The maximum Gasteiger partial charge on any atom is 0.326 e. The summed E-state index contributed by atoms with van der Waals surface area (Å²) in [6.45, 7) is 1.22. The van der Waals surface area contributed by atoms with Crippen molar-refractivity contribution in [3.8, 4) is 5.75 Å². The fourth-order valence-electron chi connectivity index (χ4n) is 4.31. The van der Waals surface area contributed by atoms with Crippen molar-refractivity contribution in [3.63, 3.8) is 0 Å². The molecule has 224 valence electrons. The highest BCUT2D eigenvalue weighted by Crippen LogP contribution is 2.19. The van der Waals surface area contributed by atoms with Gasteiger partial charge in [0.05, 0.1) is 18.6 Å². The van der Waals surface area contributed by atoms with E-state index in [0.29, 0.717) is 11.1 Å². The maximum absolute atomic E-state index is 13.1. The molecule has 5 unspecified atom stereocenters. The molecule has 0 aliphatic rings. The first-order valence-electron chi connectivity index (χ1n) is 13.0. The summed E-state index contributed by atoms with van der Waals surface area (Å²) in [5, 5.41) is 37.1. The number of nitrogens with one attached hydrogen (secondary N) is 4. The summed E-state index contributed by atoms with van der Waals surface area (Å²) in [6.07, 6.45) is -0.552. The van der Waals surface area contributed by atoms with Crippen molar-refractivity contribution in [2.75, 3.05) is 0 Å². The summed E-state index contributed by atoms with van der Waals surface area (Å²) < 4.78 is 0. The lowest BCUT2D eigenvalue weighted by Gasteiger charge is -2.26. The molecular weight excluding hydrogens is 548 g/mol. The summed E-state index contributed by atoms with van der Waals surface area (Å²) in [5.41, 5.74) is 13.2. The average Bonchev–Trinajstić information content (AvgIpc) is 3.34. The number of para-hydroxylation sites is 1. The Morgan fingerprint density at radius 3 is 2.14 bits per heavy atom. The van der Waals surface area contributed by atoms with Gasteiger partial charge in [-0.25, -0.2) is 4.79 Å². The summed E-state index contributed by atoms with van der Waals surface area (Å²) in [4.78, 5) is 65.5. The number of hydrogen-bond acceptors (Lipinski definition) is 8. The molecule has 0 saturated carbocycles. The van der Waals surface area contributed by atoms with Crippen molar-refractivity contribution in [1.82, 2.24) is 20.9 Å². The SMILES string of the molecule is CC(O)C(NC(=O)C(N)Cc1ccc(O)cc1)C(=O)NC(CC(N)=O)C(=O)NC(Cc1c[nH]c2ccccc12)C(=O)O. The van der Waals surface area contributed by atoms with Crippen molar-refractivity contribution < 1.29 is 39.3 Å². The predicted molar refractivity (Wildman–Crippen MR) is 151 cm³/mol. The highest BCUT2D eigenvalue weighted by atomic mass is 16.4. The zero-order valence-electron chi connectivity index (χ0n) is 22.7. The van der Waals surface area contributed by atoms with Crippen molar-refractivity contribution in [1.29, 1.82) is 0 Å². The van der Waals surface area contributed by atoms with Crippen LogP contribution < -0.4 is 27.4 Å². The van der Waals surface area contributed by atoms with E-state index in [1.54, 1.807) is 30.5 Å². The molecule has 0 aliphatic carbocycles. The van der Waals surface area contributed by atoms with Gasteiger partial charge in [-0.15, -0.1) is 0 Å². The number of fused-ring (bicyclic) bond motifs is 1. The minimum absolute atomic E-state index is 0.0322. The van der Waals surface area contributed by atoms with Gasteiger partial charge in [0.15, 0.2) is 0 Å². The number of carbonyl (C=O) groups is 5. The molecule has 42 heavy (non-hydrogen) atoms. The number of aliphatic hydroxyl groups is 1. The number of nitrogens with two attached hydrogens (primary N) is 2. The molecule has 0 radical (unpaired) electrons. The van der Waals surface area contributed by atoms with Gasteiger partial charge in [0.1, 0.15) is 23.9 Å². The van der Waals surface area contributed by atoms with Crippen molar-refractivity contribution in [2.45, 2.75) is 56.5 Å². The molecule has 11 N–H and O–H groups in total. The number of rotatable bonds is 14. The third kappa shape index (κ3) is 8.52. The van der Waals surface area contributed by atoms with Crippen LogP contribution in [0.25, 0.3) is 10.9 Å². The van der Waals surface area contributed by atoms with Crippen LogP contribution in [0.1, 0.15) is 24.5 Å². The molecule has 1 aromatic heterocycles. The van der Waals surface area contributed by atoms with Crippen LogP contribution in [0.5, 0.6) is 5.75 Å². The van der Waals surface area contributed by atoms with E-state index >= 15 is 0 Å². The monoisotopic (exact) mass is 582 g/mol. The Balaban J connectivity index is 1.69. The van der Waals surface area contributed by atoms with E-state index in [-0.39, 0.29) is 18.6 Å². The quantitative estimate of drug-likeness (QED) is 0.110. The Morgan fingerprint density at radius 1 is 0.881 bits per heavy atom. The first-order valence-corrected chi connectivity index (χ1v) is 13.0. The van der Waals surface area contributed by atoms with Gasteiger partial charge < -0.3 is 47.7 Å². The molecule has 14 nitrogen and oxygen atoms in total. The van der Waals surface area contributed by atoms with E-state index in [2.05, 4.69) is 20.9 Å². The molecule has 14 heteroatoms. The first kappa shape index (κ1) is 31.6. The van der Waals surface area contributed by atoms with Crippen LogP contribution in [0, 0.1) is 0 Å². The number of H-pyrrole nitrogens is 1. The number of aliphatic carboxylic acids is 1. The van der Waals surface area contributed by atoms with Crippen molar-refractivity contribution >= 4 is 40.5 Å². The minimum Gasteiger partial charge on any atom is -0.508 e. The number of carboxylic acid groups (broad SMARTS) is 1. The smallest absolute Gasteiger partial charge is 0.326 e. The third-order valence-electron chi connectivity index (χ3n) is 6.54. The molecular formula is C28H34N6O8. The molecule has 3 aromatic rings. The highest BCUT2D eigenvalue weighted by Gasteiger charge is 2.33. The number of benzene rings is 2. The second-order valence-electron chi connectivity index (χ2n) is 9.90. The zero-order valence-corrected chi connectivity index (χ0v) is 22.7. The molecule has 0 saturated heterocycles. The second kappa shape index (κ2) is 14.1.